The Morgan fingerprint density at radius 1 is 0.736 bits per heavy atom. The first-order chi connectivity index (χ1) is 25.3. The van der Waals surface area contributed by atoms with Crippen molar-refractivity contribution in [3.8, 4) is 0 Å². The molecule has 278 valence electrons. The summed E-state index contributed by atoms with van der Waals surface area (Å²) in [5, 5.41) is 20.9. The second kappa shape index (κ2) is 10.2. The van der Waals surface area contributed by atoms with E-state index in [0.717, 1.165) is 0 Å². The van der Waals surface area contributed by atoms with Crippen LogP contribution in [0.2, 0.25) is 0 Å². The Morgan fingerprint density at radius 2 is 1.19 bits per heavy atom. The van der Waals surface area contributed by atoms with E-state index in [-0.39, 0.29) is 11.8 Å². The number of fused-ring (bicyclic) bond motifs is 11. The zero-order chi connectivity index (χ0) is 37.4. The van der Waals surface area contributed by atoms with Crippen LogP contribution in [0, 0.1) is 0 Å². The zero-order valence-corrected chi connectivity index (χ0v) is 32.9. The number of nitrogens with zero attached hydrogens (tertiary/aromatic N) is 5. The van der Waals surface area contributed by atoms with Gasteiger partial charge in [0.05, 0.1) is 10.8 Å². The van der Waals surface area contributed by atoms with E-state index in [1.54, 1.807) is 38.0 Å². The first-order valence-electron chi connectivity index (χ1n) is 17.5. The minimum Gasteiger partial charge on any atom is -0.441 e. The van der Waals surface area contributed by atoms with Gasteiger partial charge in [-0.1, -0.05) is 71.8 Å². The summed E-state index contributed by atoms with van der Waals surface area (Å²) >= 11 is 0. The summed E-state index contributed by atoms with van der Waals surface area (Å²) in [6.07, 6.45) is -5.36. The van der Waals surface area contributed by atoms with Crippen LogP contribution < -0.4 is 10.6 Å². The van der Waals surface area contributed by atoms with Gasteiger partial charge >= 0.3 is 6.09 Å². The number of benzene rings is 2. The van der Waals surface area contributed by atoms with Gasteiger partial charge in [-0.25, -0.2) is 4.79 Å². The number of aliphatic hydroxyl groups is 1. The minimum absolute atomic E-state index is 0.313. The first kappa shape index (κ1) is 34.1. The second-order valence-electron chi connectivity index (χ2n) is 15.1. The van der Waals surface area contributed by atoms with Gasteiger partial charge in [-0.2, -0.15) is 0 Å². The largest absolute Gasteiger partial charge is 0.441 e. The number of carbonyl (C=O) groups is 5. The highest BCUT2D eigenvalue weighted by Gasteiger charge is 2.94. The Bertz CT molecular complexity index is 2110. The van der Waals surface area contributed by atoms with Crippen molar-refractivity contribution in [2.45, 2.75) is 81.5 Å². The summed E-state index contributed by atoms with van der Waals surface area (Å²) in [7, 11) is 11.3. The molecular weight excluding hydrogens is 759 g/mol. The van der Waals surface area contributed by atoms with E-state index in [1.165, 1.54) is 57.9 Å². The normalized spacial score (nSPS) is 42.2. The molecular formula is C35H37N7O7S4. The average Bonchev–Trinajstić information content (AvgIpc) is 3.81. The Balaban J connectivity index is 1.37. The fraction of sp³-hybridized carbons (Fsp3) is 0.514. The molecule has 0 radical (unpaired) electrons. The quantitative estimate of drug-likeness (QED) is 0.389. The number of ether oxygens (including phenoxy) is 1. The molecule has 5 amide bonds. The van der Waals surface area contributed by atoms with Crippen molar-refractivity contribution in [3.63, 3.8) is 0 Å². The molecule has 8 saturated heterocycles. The van der Waals surface area contributed by atoms with Gasteiger partial charge in [0, 0.05) is 39.6 Å². The van der Waals surface area contributed by atoms with Crippen molar-refractivity contribution in [2.75, 3.05) is 38.8 Å². The molecule has 10 aliphatic heterocycles. The second-order valence-corrected chi connectivity index (χ2v) is 20.3. The van der Waals surface area contributed by atoms with E-state index in [2.05, 4.69) is 10.6 Å². The number of anilines is 2. The van der Waals surface area contributed by atoms with Crippen molar-refractivity contribution in [1.82, 2.24) is 24.5 Å². The molecule has 2 aromatic carbocycles. The van der Waals surface area contributed by atoms with E-state index in [9.17, 15) is 14.7 Å². The molecule has 10 atom stereocenters. The van der Waals surface area contributed by atoms with Gasteiger partial charge in [0.2, 0.25) is 9.74 Å². The molecule has 10 heterocycles. The molecule has 10 aliphatic rings. The summed E-state index contributed by atoms with van der Waals surface area (Å²) in [6.45, 7) is 3.73. The third-order valence-electron chi connectivity index (χ3n) is 13.2. The van der Waals surface area contributed by atoms with Crippen molar-refractivity contribution in [2.24, 2.45) is 0 Å². The molecule has 4 bridgehead atoms. The van der Waals surface area contributed by atoms with E-state index in [1.807, 2.05) is 62.4 Å². The van der Waals surface area contributed by atoms with Crippen LogP contribution in [0.15, 0.2) is 48.5 Å². The molecule has 2 aromatic rings. The number of para-hydroxylation sites is 2. The highest BCUT2D eigenvalue weighted by Crippen LogP contribution is 2.79. The van der Waals surface area contributed by atoms with Crippen LogP contribution in [0.1, 0.15) is 37.8 Å². The lowest BCUT2D eigenvalue weighted by Crippen LogP contribution is -2.78. The standard InChI is InChI=1S/C35H37N7O7S4/c1-7-30-25(44)41-23-32(17-13-9-11-15-19(17)36-23,21(43)34(41,52-50-30)27(46)39(30)5)33-18-14-10-12-16-20(18)37-24(33)42-26(45)31(8-2)40(6)28(47)35(42,53-51-31)22(33)49-29(48)38(3)4/h9-16,21-24,36-37,43H,7-8H2,1-6H3/t21-,22-,23+,24+,30-,31-,32+,33+,34-,35-/m0/s1. The maximum atomic E-state index is 15.3. The Labute approximate surface area is 321 Å². The number of hydrogen-bond donors (Lipinski definition) is 3. The number of carbonyl (C=O) groups excluding carboxylic acids is 5. The molecule has 12 rings (SSSR count). The van der Waals surface area contributed by atoms with Crippen LogP contribution >= 0.6 is 43.2 Å². The van der Waals surface area contributed by atoms with Gasteiger partial charge in [0.15, 0.2) is 15.8 Å². The predicted octanol–water partition coefficient (Wildman–Crippen LogP) is 2.82. The van der Waals surface area contributed by atoms with E-state index in [4.69, 9.17) is 4.74 Å². The number of nitrogens with one attached hydrogen (secondary N) is 2. The average molecular weight is 796 g/mol. The van der Waals surface area contributed by atoms with Gasteiger partial charge < -0.3 is 35.2 Å². The van der Waals surface area contributed by atoms with Crippen molar-refractivity contribution < 1.29 is 33.8 Å². The molecule has 0 saturated carbocycles. The molecule has 8 fully saturated rings. The molecule has 53 heavy (non-hydrogen) atoms. The zero-order valence-electron chi connectivity index (χ0n) is 29.6. The fourth-order valence-corrected chi connectivity index (χ4v) is 18.8. The van der Waals surface area contributed by atoms with Crippen LogP contribution in [0.4, 0.5) is 16.2 Å². The topological polar surface area (TPSA) is 155 Å². The lowest BCUT2D eigenvalue weighted by Gasteiger charge is -2.59. The van der Waals surface area contributed by atoms with Gasteiger partial charge in [-0.05, 0) is 57.7 Å². The lowest BCUT2D eigenvalue weighted by atomic mass is 9.52. The maximum absolute atomic E-state index is 15.3. The van der Waals surface area contributed by atoms with Gasteiger partial charge in [-0.15, -0.1) is 0 Å². The van der Waals surface area contributed by atoms with Crippen LogP contribution in [-0.4, -0.2) is 132 Å². The Morgan fingerprint density at radius 3 is 1.72 bits per heavy atom. The van der Waals surface area contributed by atoms with E-state index >= 15 is 14.4 Å². The predicted molar refractivity (Wildman–Crippen MR) is 202 cm³/mol. The third-order valence-corrected chi connectivity index (χ3v) is 20.8. The van der Waals surface area contributed by atoms with Crippen molar-refractivity contribution >= 4 is 84.3 Å². The third kappa shape index (κ3) is 3.12. The molecule has 0 aliphatic carbocycles. The molecule has 0 unspecified atom stereocenters. The smallest absolute Gasteiger partial charge is 0.409 e. The maximum Gasteiger partial charge on any atom is 0.409 e. The van der Waals surface area contributed by atoms with Gasteiger partial charge in [0.25, 0.3) is 23.6 Å². The van der Waals surface area contributed by atoms with Crippen LogP contribution in [-0.2, 0) is 34.7 Å². The highest BCUT2D eigenvalue weighted by atomic mass is 33.1. The summed E-state index contributed by atoms with van der Waals surface area (Å²) < 4.78 is 6.72. The molecule has 14 nitrogen and oxygen atoms in total. The van der Waals surface area contributed by atoms with E-state index in [0.29, 0.717) is 35.3 Å². The number of hydrogen-bond acceptors (Lipinski definition) is 13. The highest BCUT2D eigenvalue weighted by molar-refractivity contribution is 8.78. The minimum atomic E-state index is -1.82. The summed E-state index contributed by atoms with van der Waals surface area (Å²) in [4.78, 5) is 76.0. The number of likely N-dealkylation sites (N-methyl/N-ethyl adjacent to an activating group) is 2. The van der Waals surface area contributed by atoms with Gasteiger partial charge in [-0.3, -0.25) is 29.0 Å². The summed E-state index contributed by atoms with van der Waals surface area (Å²) in [5.74, 6) is -1.50. The van der Waals surface area contributed by atoms with Gasteiger partial charge in [0.1, 0.15) is 18.4 Å². The summed E-state index contributed by atoms with van der Waals surface area (Å²) in [6, 6.07) is 14.8. The first-order valence-corrected chi connectivity index (χ1v) is 21.8. The molecule has 2 spiro atoms. The fourth-order valence-electron chi connectivity index (χ4n) is 10.9. The van der Waals surface area contributed by atoms with Crippen molar-refractivity contribution in [3.05, 3.63) is 59.7 Å². The number of rotatable bonds is 4. The molecule has 0 aromatic heterocycles. The van der Waals surface area contributed by atoms with Crippen LogP contribution in [0.5, 0.6) is 0 Å². The molecule has 3 N–H and O–H groups in total. The molecule has 18 heteroatoms. The number of aliphatic hydroxyl groups excluding tert-OH is 1. The Hall–Kier alpha value is -3.45. The van der Waals surface area contributed by atoms with Crippen LogP contribution in [0.3, 0.4) is 0 Å². The Kier molecular flexibility index (Phi) is 6.58. The number of amides is 5. The SMILES string of the molecule is CC[C@@]12SS[C@]3(C(=O)N1C)[C@@H](O)[C@]1([C@@]45c6ccccc6N[C@@H]4N4C(=O)[C@]6(CC)SS[C@]4(C(=O)N6C)[C@H]5OC(=O)N(C)C)c4ccccc4N[C@@H]1N3C2=O. The lowest BCUT2D eigenvalue weighted by molar-refractivity contribution is -0.167. The van der Waals surface area contributed by atoms with Crippen LogP contribution in [0.25, 0.3) is 0 Å². The summed E-state index contributed by atoms with van der Waals surface area (Å²) in [5.41, 5.74) is -0.964. The monoisotopic (exact) mass is 795 g/mol. The van der Waals surface area contributed by atoms with Crippen molar-refractivity contribution in [1.29, 1.82) is 0 Å². The van der Waals surface area contributed by atoms with E-state index < -0.39 is 72.8 Å². The number of piperazine rings is 2.